The van der Waals surface area contributed by atoms with Gasteiger partial charge in [0.2, 0.25) is 0 Å². The molecule has 0 saturated carbocycles. The average Bonchev–Trinajstić information content (AvgIpc) is 2.26. The van der Waals surface area contributed by atoms with E-state index < -0.39 is 11.9 Å². The maximum Gasteiger partial charge on any atom is 0.307 e. The molecule has 0 rings (SSSR count). The lowest BCUT2D eigenvalue weighted by atomic mass is 10.3. The molecule has 2 unspecified atom stereocenters. The third-order valence-corrected chi connectivity index (χ3v) is 1.96. The minimum absolute atomic E-state index is 0.0291. The average molecular weight is 232 g/mol. The number of esters is 2. The molecule has 0 aromatic heterocycles. The summed E-state index contributed by atoms with van der Waals surface area (Å²) in [5.41, 5.74) is 0. The van der Waals surface area contributed by atoms with Crippen LogP contribution in [-0.4, -0.2) is 38.5 Å². The summed E-state index contributed by atoms with van der Waals surface area (Å²) in [5.74, 6) is -0.841. The van der Waals surface area contributed by atoms with E-state index in [9.17, 15) is 9.59 Å². The van der Waals surface area contributed by atoms with Crippen molar-refractivity contribution in [3.63, 3.8) is 0 Å². The van der Waals surface area contributed by atoms with E-state index in [0.29, 0.717) is 0 Å². The molecule has 0 aromatic rings. The molecule has 0 amide bonds. The van der Waals surface area contributed by atoms with Crippen molar-refractivity contribution >= 4 is 11.9 Å². The van der Waals surface area contributed by atoms with E-state index >= 15 is 0 Å². The van der Waals surface area contributed by atoms with Gasteiger partial charge >= 0.3 is 11.9 Å². The standard InChI is InChI=1S/C10H20N2O4/c1-7(11-3)15-9(13)5-6-10(14)16-8(2)12-4/h7-8,11-12H,5-6H2,1-4H3. The summed E-state index contributed by atoms with van der Waals surface area (Å²) in [5, 5.41) is 5.51. The van der Waals surface area contributed by atoms with Crippen molar-refractivity contribution in [3.8, 4) is 0 Å². The van der Waals surface area contributed by atoms with Gasteiger partial charge in [-0.25, -0.2) is 0 Å². The Morgan fingerprint density at radius 3 is 1.50 bits per heavy atom. The summed E-state index contributed by atoms with van der Waals surface area (Å²) < 4.78 is 9.82. The van der Waals surface area contributed by atoms with Crippen LogP contribution in [-0.2, 0) is 19.1 Å². The first-order valence-corrected chi connectivity index (χ1v) is 5.23. The number of nitrogens with one attached hydrogen (secondary N) is 2. The van der Waals surface area contributed by atoms with Gasteiger partial charge in [-0.15, -0.1) is 0 Å². The molecule has 0 bridgehead atoms. The molecule has 0 radical (unpaired) electrons. The van der Waals surface area contributed by atoms with E-state index in [2.05, 4.69) is 10.6 Å². The lowest BCUT2D eigenvalue weighted by Gasteiger charge is -2.13. The molecular weight excluding hydrogens is 212 g/mol. The molecule has 0 fully saturated rings. The number of carbonyl (C=O) groups is 2. The van der Waals surface area contributed by atoms with Crippen molar-refractivity contribution in [1.29, 1.82) is 0 Å². The summed E-state index contributed by atoms with van der Waals surface area (Å²) in [6.07, 6.45) is -0.637. The Bertz CT molecular complexity index is 209. The Kier molecular flexibility index (Phi) is 7.49. The van der Waals surface area contributed by atoms with Crippen LogP contribution in [0.3, 0.4) is 0 Å². The topological polar surface area (TPSA) is 76.7 Å². The van der Waals surface area contributed by atoms with E-state index in [1.807, 2.05) is 0 Å². The Morgan fingerprint density at radius 1 is 0.938 bits per heavy atom. The van der Waals surface area contributed by atoms with Crippen LogP contribution in [0.2, 0.25) is 0 Å². The Morgan fingerprint density at radius 2 is 1.25 bits per heavy atom. The van der Waals surface area contributed by atoms with Gasteiger partial charge in [0.25, 0.3) is 0 Å². The highest BCUT2D eigenvalue weighted by Crippen LogP contribution is 1.99. The molecule has 2 atom stereocenters. The lowest BCUT2D eigenvalue weighted by Crippen LogP contribution is -2.29. The fourth-order valence-corrected chi connectivity index (χ4v) is 0.834. The van der Waals surface area contributed by atoms with Crippen molar-refractivity contribution < 1.29 is 19.1 Å². The van der Waals surface area contributed by atoms with Crippen LogP contribution >= 0.6 is 0 Å². The Hall–Kier alpha value is -1.14. The number of rotatable bonds is 7. The van der Waals surface area contributed by atoms with Gasteiger partial charge in [-0.2, -0.15) is 0 Å². The highest BCUT2D eigenvalue weighted by Gasteiger charge is 2.12. The van der Waals surface area contributed by atoms with Crippen LogP contribution < -0.4 is 10.6 Å². The second-order valence-corrected chi connectivity index (χ2v) is 3.34. The first kappa shape index (κ1) is 14.9. The minimum Gasteiger partial charge on any atom is -0.447 e. The van der Waals surface area contributed by atoms with Gasteiger partial charge in [-0.05, 0) is 27.9 Å². The van der Waals surface area contributed by atoms with Crippen molar-refractivity contribution in [3.05, 3.63) is 0 Å². The van der Waals surface area contributed by atoms with Gasteiger partial charge < -0.3 is 9.47 Å². The molecule has 0 spiro atoms. The molecule has 0 aliphatic heterocycles. The first-order valence-electron chi connectivity index (χ1n) is 5.23. The normalized spacial score (nSPS) is 14.0. The predicted molar refractivity (Wildman–Crippen MR) is 58.5 cm³/mol. The number of hydrogen-bond acceptors (Lipinski definition) is 6. The quantitative estimate of drug-likeness (QED) is 0.474. The lowest BCUT2D eigenvalue weighted by molar-refractivity contribution is -0.156. The van der Waals surface area contributed by atoms with Crippen molar-refractivity contribution in [1.82, 2.24) is 10.6 Å². The van der Waals surface area contributed by atoms with Crippen LogP contribution in [0.15, 0.2) is 0 Å². The van der Waals surface area contributed by atoms with Crippen LogP contribution in [0, 0.1) is 0 Å². The number of hydrogen-bond donors (Lipinski definition) is 2. The number of ether oxygens (including phenoxy) is 2. The largest absolute Gasteiger partial charge is 0.447 e. The van der Waals surface area contributed by atoms with Crippen molar-refractivity contribution in [2.24, 2.45) is 0 Å². The van der Waals surface area contributed by atoms with Gasteiger partial charge in [-0.3, -0.25) is 20.2 Å². The summed E-state index contributed by atoms with van der Waals surface area (Å²) in [7, 11) is 3.36. The maximum absolute atomic E-state index is 11.2. The van der Waals surface area contributed by atoms with Crippen molar-refractivity contribution in [2.45, 2.75) is 39.1 Å². The monoisotopic (exact) mass is 232 g/mol. The molecule has 6 heteroatoms. The molecule has 6 nitrogen and oxygen atoms in total. The maximum atomic E-state index is 11.2. The van der Waals surface area contributed by atoms with Crippen LogP contribution in [0.25, 0.3) is 0 Å². The zero-order chi connectivity index (χ0) is 12.6. The summed E-state index contributed by atoms with van der Waals surface area (Å²) in [4.78, 5) is 22.4. The molecule has 16 heavy (non-hydrogen) atoms. The van der Waals surface area contributed by atoms with Gasteiger partial charge in [0, 0.05) is 0 Å². The molecular formula is C10H20N2O4. The van der Waals surface area contributed by atoms with Gasteiger partial charge in [-0.1, -0.05) is 0 Å². The summed E-state index contributed by atoms with van der Waals surface area (Å²) >= 11 is 0. The predicted octanol–water partition coefficient (Wildman–Crippen LogP) is -0.0162. The zero-order valence-electron chi connectivity index (χ0n) is 10.2. The van der Waals surface area contributed by atoms with E-state index in [-0.39, 0.29) is 25.3 Å². The highest BCUT2D eigenvalue weighted by atomic mass is 16.6. The number of carbonyl (C=O) groups excluding carboxylic acids is 2. The van der Waals surface area contributed by atoms with E-state index in [1.165, 1.54) is 0 Å². The highest BCUT2D eigenvalue weighted by molar-refractivity contribution is 5.77. The van der Waals surface area contributed by atoms with Gasteiger partial charge in [0.15, 0.2) is 0 Å². The van der Waals surface area contributed by atoms with Crippen LogP contribution in [0.5, 0.6) is 0 Å². The fraction of sp³-hybridized carbons (Fsp3) is 0.800. The van der Waals surface area contributed by atoms with Gasteiger partial charge in [0.1, 0.15) is 12.5 Å². The third kappa shape index (κ3) is 7.19. The van der Waals surface area contributed by atoms with E-state index in [4.69, 9.17) is 9.47 Å². The van der Waals surface area contributed by atoms with E-state index in [0.717, 1.165) is 0 Å². The molecule has 0 aromatic carbocycles. The van der Waals surface area contributed by atoms with Gasteiger partial charge in [0.05, 0.1) is 12.8 Å². The molecule has 0 heterocycles. The van der Waals surface area contributed by atoms with Crippen LogP contribution in [0.4, 0.5) is 0 Å². The summed E-state index contributed by atoms with van der Waals surface area (Å²) in [6, 6.07) is 0. The second-order valence-electron chi connectivity index (χ2n) is 3.34. The first-order chi connectivity index (χ1) is 7.49. The van der Waals surface area contributed by atoms with Crippen LogP contribution in [0.1, 0.15) is 26.7 Å². The molecule has 94 valence electrons. The fourth-order valence-electron chi connectivity index (χ4n) is 0.834. The molecule has 2 N–H and O–H groups in total. The molecule has 0 saturated heterocycles. The molecule has 0 aliphatic rings. The van der Waals surface area contributed by atoms with E-state index in [1.54, 1.807) is 27.9 Å². The second kappa shape index (κ2) is 8.06. The minimum atomic E-state index is -0.420. The summed E-state index contributed by atoms with van der Waals surface area (Å²) in [6.45, 7) is 3.42. The SMILES string of the molecule is CNC(C)OC(=O)CCC(=O)OC(C)NC. The molecule has 0 aliphatic carbocycles. The smallest absolute Gasteiger partial charge is 0.307 e. The van der Waals surface area contributed by atoms with Crippen molar-refractivity contribution in [2.75, 3.05) is 14.1 Å². The Labute approximate surface area is 95.7 Å². The Balaban J connectivity index is 3.71. The zero-order valence-corrected chi connectivity index (χ0v) is 10.2. The third-order valence-electron chi connectivity index (χ3n) is 1.96.